The van der Waals surface area contributed by atoms with E-state index in [0.29, 0.717) is 0 Å². The smallest absolute Gasteiger partial charge is 0.152 e. The van der Waals surface area contributed by atoms with Crippen molar-refractivity contribution in [1.82, 2.24) is 9.97 Å². The molecule has 0 radical (unpaired) electrons. The molecule has 0 aliphatic carbocycles. The van der Waals surface area contributed by atoms with Crippen molar-refractivity contribution in [2.75, 3.05) is 0 Å². The Bertz CT molecular complexity index is 648. The van der Waals surface area contributed by atoms with Crippen LogP contribution in [0.25, 0.3) is 11.6 Å². The highest BCUT2D eigenvalue weighted by molar-refractivity contribution is 5.90. The molecule has 0 saturated carbocycles. The van der Waals surface area contributed by atoms with E-state index in [-0.39, 0.29) is 0 Å². The van der Waals surface area contributed by atoms with Gasteiger partial charge in [-0.25, -0.2) is 9.97 Å². The number of hydrogen-bond acceptors (Lipinski definition) is 2. The third-order valence-corrected chi connectivity index (χ3v) is 3.03. The lowest BCUT2D eigenvalue weighted by Gasteiger charge is -2.08. The van der Waals surface area contributed by atoms with Gasteiger partial charge in [-0.2, -0.15) is 0 Å². The maximum Gasteiger partial charge on any atom is 0.152 e. The first kappa shape index (κ1) is 12.3. The zero-order valence-electron chi connectivity index (χ0n) is 11.0. The molecule has 0 unspecified atom stereocenters. The summed E-state index contributed by atoms with van der Waals surface area (Å²) in [6.07, 6.45) is 5.53. The highest BCUT2D eigenvalue weighted by atomic mass is 14.8. The molecule has 0 amide bonds. The van der Waals surface area contributed by atoms with Crippen molar-refractivity contribution in [3.8, 4) is 0 Å². The normalized spacial score (nSPS) is 10.0. The molecule has 0 bridgehead atoms. The van der Waals surface area contributed by atoms with E-state index in [1.54, 1.807) is 12.4 Å². The van der Waals surface area contributed by atoms with Crippen molar-refractivity contribution in [2.24, 2.45) is 0 Å². The van der Waals surface area contributed by atoms with E-state index in [0.717, 1.165) is 22.5 Å². The van der Waals surface area contributed by atoms with Gasteiger partial charge in [0.05, 0.1) is 0 Å². The summed E-state index contributed by atoms with van der Waals surface area (Å²) in [7, 11) is 0. The van der Waals surface area contributed by atoms with E-state index in [9.17, 15) is 0 Å². The number of rotatable bonds is 3. The first-order valence-electron chi connectivity index (χ1n) is 6.53. The Kier molecular flexibility index (Phi) is 3.65. The van der Waals surface area contributed by atoms with Gasteiger partial charge in [0.15, 0.2) is 5.82 Å². The molecule has 96 valence electrons. The summed E-state index contributed by atoms with van der Waals surface area (Å²) in [6.45, 7) is 0. The fraction of sp³-hybridized carbons (Fsp3) is 0. The average Bonchev–Trinajstić information content (AvgIpc) is 2.55. The second-order valence-corrected chi connectivity index (χ2v) is 4.40. The summed E-state index contributed by atoms with van der Waals surface area (Å²) in [4.78, 5) is 8.56. The maximum atomic E-state index is 4.28. The van der Waals surface area contributed by atoms with Gasteiger partial charge in [-0.15, -0.1) is 0 Å². The topological polar surface area (TPSA) is 25.8 Å². The minimum atomic E-state index is 0.718. The molecule has 0 atom stereocenters. The molecule has 0 saturated heterocycles. The summed E-state index contributed by atoms with van der Waals surface area (Å²) in [5.74, 6) is 0.718. The van der Waals surface area contributed by atoms with E-state index < -0.39 is 0 Å². The van der Waals surface area contributed by atoms with Gasteiger partial charge in [-0.3, -0.25) is 0 Å². The lowest BCUT2D eigenvalue weighted by atomic mass is 9.97. The first-order valence-corrected chi connectivity index (χ1v) is 6.53. The molecular formula is C18H14N2. The lowest BCUT2D eigenvalue weighted by Crippen LogP contribution is -1.90. The monoisotopic (exact) mass is 258 g/mol. The van der Waals surface area contributed by atoms with E-state index in [4.69, 9.17) is 0 Å². The van der Waals surface area contributed by atoms with Crippen molar-refractivity contribution >= 4 is 11.6 Å². The SMILES string of the molecule is C(=C(c1ccccc1)c1ccccc1)c1ncccn1. The Morgan fingerprint density at radius 3 is 1.65 bits per heavy atom. The quantitative estimate of drug-likeness (QED) is 0.708. The van der Waals surface area contributed by atoms with Crippen LogP contribution in [0, 0.1) is 0 Å². The van der Waals surface area contributed by atoms with Crippen LogP contribution in [0.15, 0.2) is 79.1 Å². The van der Waals surface area contributed by atoms with Gasteiger partial charge in [-0.05, 0) is 28.8 Å². The van der Waals surface area contributed by atoms with Crippen LogP contribution in [-0.4, -0.2) is 9.97 Å². The van der Waals surface area contributed by atoms with Crippen LogP contribution in [0.1, 0.15) is 17.0 Å². The van der Waals surface area contributed by atoms with Crippen molar-refractivity contribution in [2.45, 2.75) is 0 Å². The zero-order chi connectivity index (χ0) is 13.6. The van der Waals surface area contributed by atoms with E-state index in [1.165, 1.54) is 0 Å². The second-order valence-electron chi connectivity index (χ2n) is 4.40. The van der Waals surface area contributed by atoms with Gasteiger partial charge in [0, 0.05) is 12.4 Å². The van der Waals surface area contributed by atoms with Crippen LogP contribution in [0.3, 0.4) is 0 Å². The predicted molar refractivity (Wildman–Crippen MR) is 81.9 cm³/mol. The number of nitrogens with zero attached hydrogens (tertiary/aromatic N) is 2. The lowest BCUT2D eigenvalue weighted by molar-refractivity contribution is 1.13. The van der Waals surface area contributed by atoms with Crippen LogP contribution in [0.4, 0.5) is 0 Å². The molecule has 3 aromatic rings. The Balaban J connectivity index is 2.12. The van der Waals surface area contributed by atoms with Gasteiger partial charge in [0.25, 0.3) is 0 Å². The van der Waals surface area contributed by atoms with Crippen molar-refractivity contribution in [3.63, 3.8) is 0 Å². The molecule has 0 aliphatic heterocycles. The molecule has 0 aliphatic rings. The fourth-order valence-electron chi connectivity index (χ4n) is 2.08. The summed E-state index contributed by atoms with van der Waals surface area (Å²) >= 11 is 0. The number of hydrogen-bond donors (Lipinski definition) is 0. The Labute approximate surface area is 118 Å². The van der Waals surface area contributed by atoms with Crippen molar-refractivity contribution in [1.29, 1.82) is 0 Å². The van der Waals surface area contributed by atoms with Crippen LogP contribution in [0.2, 0.25) is 0 Å². The largest absolute Gasteiger partial charge is 0.237 e. The third-order valence-electron chi connectivity index (χ3n) is 3.03. The van der Waals surface area contributed by atoms with Crippen LogP contribution >= 0.6 is 0 Å². The summed E-state index contributed by atoms with van der Waals surface area (Å²) in [6, 6.07) is 22.4. The Morgan fingerprint density at radius 1 is 0.650 bits per heavy atom. The number of aromatic nitrogens is 2. The fourth-order valence-corrected chi connectivity index (χ4v) is 2.08. The molecule has 2 aromatic carbocycles. The van der Waals surface area contributed by atoms with Crippen molar-refractivity contribution < 1.29 is 0 Å². The second kappa shape index (κ2) is 5.93. The minimum Gasteiger partial charge on any atom is -0.237 e. The first-order chi connectivity index (χ1) is 9.93. The summed E-state index contributed by atoms with van der Waals surface area (Å²) in [5.41, 5.74) is 3.44. The summed E-state index contributed by atoms with van der Waals surface area (Å²) in [5, 5.41) is 0. The van der Waals surface area contributed by atoms with Gasteiger partial charge in [0.1, 0.15) is 0 Å². The van der Waals surface area contributed by atoms with Gasteiger partial charge >= 0.3 is 0 Å². The van der Waals surface area contributed by atoms with E-state index in [2.05, 4.69) is 34.2 Å². The average molecular weight is 258 g/mol. The van der Waals surface area contributed by atoms with Crippen molar-refractivity contribution in [3.05, 3.63) is 96.1 Å². The standard InChI is InChI=1S/C18H14N2/c1-3-8-15(9-4-1)17(16-10-5-2-6-11-16)14-18-19-12-7-13-20-18/h1-14H. The van der Waals surface area contributed by atoms with Gasteiger partial charge < -0.3 is 0 Å². The van der Waals surface area contributed by atoms with Crippen LogP contribution in [0.5, 0.6) is 0 Å². The number of benzene rings is 2. The molecule has 0 N–H and O–H groups in total. The Hall–Kier alpha value is -2.74. The predicted octanol–water partition coefficient (Wildman–Crippen LogP) is 4.07. The maximum absolute atomic E-state index is 4.28. The Morgan fingerprint density at radius 2 is 1.15 bits per heavy atom. The van der Waals surface area contributed by atoms with E-state index in [1.807, 2.05) is 48.5 Å². The molecule has 20 heavy (non-hydrogen) atoms. The molecule has 0 fully saturated rings. The molecule has 3 rings (SSSR count). The molecule has 0 spiro atoms. The molecule has 1 heterocycles. The molecule has 2 nitrogen and oxygen atoms in total. The third kappa shape index (κ3) is 2.81. The van der Waals surface area contributed by atoms with Crippen LogP contribution in [-0.2, 0) is 0 Å². The molecule has 1 aromatic heterocycles. The molecular weight excluding hydrogens is 244 g/mol. The summed E-state index contributed by atoms with van der Waals surface area (Å²) < 4.78 is 0. The van der Waals surface area contributed by atoms with Gasteiger partial charge in [-0.1, -0.05) is 60.7 Å². The van der Waals surface area contributed by atoms with E-state index >= 15 is 0 Å². The van der Waals surface area contributed by atoms with Gasteiger partial charge in [0.2, 0.25) is 0 Å². The highest BCUT2D eigenvalue weighted by Crippen LogP contribution is 2.24. The zero-order valence-corrected chi connectivity index (χ0v) is 11.0. The minimum absolute atomic E-state index is 0.718. The van der Waals surface area contributed by atoms with Crippen LogP contribution < -0.4 is 0 Å². The molecule has 2 heteroatoms. The highest BCUT2D eigenvalue weighted by Gasteiger charge is 2.05.